The number of benzene rings is 2. The van der Waals surface area contributed by atoms with E-state index in [4.69, 9.17) is 18.6 Å². The molecule has 0 unspecified atom stereocenters. The number of nitrogens with zero attached hydrogens (tertiary/aromatic N) is 1. The minimum atomic E-state index is -0.432. The molecule has 27 heavy (non-hydrogen) atoms. The molecule has 0 radical (unpaired) electrons. The number of hydrazone groups is 1. The van der Waals surface area contributed by atoms with Crippen LogP contribution in [-0.4, -0.2) is 31.9 Å². The summed E-state index contributed by atoms with van der Waals surface area (Å²) in [6, 6.07) is 12.5. The Hall–Kier alpha value is -3.48. The van der Waals surface area contributed by atoms with Crippen LogP contribution < -0.4 is 19.6 Å². The maximum atomic E-state index is 12.3. The largest absolute Gasteiger partial charge is 0.494 e. The lowest BCUT2D eigenvalue weighted by atomic mass is 10.2. The van der Waals surface area contributed by atoms with Crippen LogP contribution in [-0.2, 0) is 0 Å². The maximum absolute atomic E-state index is 12.3. The summed E-state index contributed by atoms with van der Waals surface area (Å²) >= 11 is 0. The Bertz CT molecular complexity index is 1010. The molecule has 1 amide bonds. The number of rotatable bonds is 5. The molecule has 0 fully saturated rings. The average Bonchev–Trinajstić information content (AvgIpc) is 3.12. The Kier molecular flexibility index (Phi) is 4.65. The van der Waals surface area contributed by atoms with E-state index in [0.29, 0.717) is 36.9 Å². The van der Waals surface area contributed by atoms with E-state index in [9.17, 15) is 4.79 Å². The summed E-state index contributed by atoms with van der Waals surface area (Å²) in [6.45, 7) is 3.55. The average molecular weight is 366 g/mol. The minimum Gasteiger partial charge on any atom is -0.494 e. The van der Waals surface area contributed by atoms with Gasteiger partial charge in [0.25, 0.3) is 0 Å². The molecule has 1 N–H and O–H groups in total. The Morgan fingerprint density at radius 1 is 1.15 bits per heavy atom. The first kappa shape index (κ1) is 17.0. The maximum Gasteiger partial charge on any atom is 0.307 e. The Morgan fingerprint density at radius 2 is 2.00 bits per heavy atom. The van der Waals surface area contributed by atoms with Crippen molar-refractivity contribution in [1.82, 2.24) is 5.43 Å². The van der Waals surface area contributed by atoms with Crippen LogP contribution in [0.25, 0.3) is 11.0 Å². The molecule has 2 aromatic carbocycles. The Morgan fingerprint density at radius 3 is 2.85 bits per heavy atom. The number of hydrogen-bond acceptors (Lipinski definition) is 6. The summed E-state index contributed by atoms with van der Waals surface area (Å²) in [6.07, 6.45) is 1.53. The third-order valence-electron chi connectivity index (χ3n) is 3.97. The van der Waals surface area contributed by atoms with Gasteiger partial charge in [0.05, 0.1) is 12.8 Å². The van der Waals surface area contributed by atoms with Crippen molar-refractivity contribution >= 4 is 23.1 Å². The highest BCUT2D eigenvalue weighted by Gasteiger charge is 2.13. The number of amides is 1. The van der Waals surface area contributed by atoms with Gasteiger partial charge in [0, 0.05) is 5.39 Å². The van der Waals surface area contributed by atoms with Crippen LogP contribution in [0.1, 0.15) is 23.0 Å². The highest BCUT2D eigenvalue weighted by atomic mass is 16.6. The molecule has 1 aliphatic heterocycles. The van der Waals surface area contributed by atoms with Crippen LogP contribution in [0.4, 0.5) is 0 Å². The van der Waals surface area contributed by atoms with Crippen molar-refractivity contribution < 1.29 is 23.4 Å². The Labute approximate surface area is 155 Å². The zero-order valence-corrected chi connectivity index (χ0v) is 14.7. The topological polar surface area (TPSA) is 82.3 Å². The second kappa shape index (κ2) is 7.41. The van der Waals surface area contributed by atoms with Crippen LogP contribution in [0.15, 0.2) is 52.0 Å². The first-order valence-electron chi connectivity index (χ1n) is 8.62. The highest BCUT2D eigenvalue weighted by Crippen LogP contribution is 2.30. The van der Waals surface area contributed by atoms with Gasteiger partial charge in [-0.1, -0.05) is 0 Å². The van der Waals surface area contributed by atoms with Gasteiger partial charge in [0.2, 0.25) is 0 Å². The van der Waals surface area contributed by atoms with Crippen LogP contribution >= 0.6 is 0 Å². The molecule has 2 heterocycles. The van der Waals surface area contributed by atoms with E-state index in [1.807, 2.05) is 25.1 Å². The second-order valence-electron chi connectivity index (χ2n) is 5.85. The minimum absolute atomic E-state index is 0.179. The van der Waals surface area contributed by atoms with E-state index in [1.54, 1.807) is 24.3 Å². The molecule has 7 heteroatoms. The molecule has 3 aromatic rings. The fourth-order valence-electron chi connectivity index (χ4n) is 2.75. The molecule has 0 atom stereocenters. The van der Waals surface area contributed by atoms with Gasteiger partial charge in [-0.25, -0.2) is 5.43 Å². The summed E-state index contributed by atoms with van der Waals surface area (Å²) < 4.78 is 22.0. The lowest BCUT2D eigenvalue weighted by Crippen LogP contribution is -2.17. The molecule has 0 saturated heterocycles. The molecule has 1 aliphatic rings. The number of ether oxygens (including phenoxy) is 3. The van der Waals surface area contributed by atoms with E-state index in [1.165, 1.54) is 6.21 Å². The van der Waals surface area contributed by atoms with E-state index in [2.05, 4.69) is 10.5 Å². The van der Waals surface area contributed by atoms with Crippen molar-refractivity contribution in [3.05, 3.63) is 53.8 Å². The van der Waals surface area contributed by atoms with Crippen LogP contribution in [0, 0.1) is 0 Å². The van der Waals surface area contributed by atoms with E-state index in [-0.39, 0.29) is 5.76 Å². The monoisotopic (exact) mass is 366 g/mol. The van der Waals surface area contributed by atoms with Crippen molar-refractivity contribution in [3.63, 3.8) is 0 Å². The van der Waals surface area contributed by atoms with Crippen LogP contribution in [0.3, 0.4) is 0 Å². The lowest BCUT2D eigenvalue weighted by molar-refractivity contribution is 0.0929. The summed E-state index contributed by atoms with van der Waals surface area (Å²) in [4.78, 5) is 12.3. The zero-order valence-electron chi connectivity index (χ0n) is 14.7. The number of fused-ring (bicyclic) bond motifs is 2. The molecule has 0 saturated carbocycles. The van der Waals surface area contributed by atoms with Gasteiger partial charge in [0.15, 0.2) is 17.3 Å². The number of nitrogens with one attached hydrogen (secondary N) is 1. The fraction of sp³-hybridized carbons (Fsp3) is 0.200. The third kappa shape index (κ3) is 3.72. The van der Waals surface area contributed by atoms with Gasteiger partial charge in [-0.15, -0.1) is 0 Å². The van der Waals surface area contributed by atoms with Crippen molar-refractivity contribution in [2.24, 2.45) is 5.10 Å². The SMILES string of the molecule is CCOc1ccc2oc(C(=O)N/N=C/c3ccc4c(c3)OCCO4)cc2c1. The summed E-state index contributed by atoms with van der Waals surface area (Å²) in [7, 11) is 0. The molecular formula is C20H18N2O5. The Balaban J connectivity index is 1.44. The van der Waals surface area contributed by atoms with Gasteiger partial charge < -0.3 is 18.6 Å². The van der Waals surface area contributed by atoms with E-state index >= 15 is 0 Å². The number of carbonyl (C=O) groups is 1. The van der Waals surface area contributed by atoms with Gasteiger partial charge in [-0.3, -0.25) is 4.79 Å². The normalized spacial score (nSPS) is 13.1. The third-order valence-corrected chi connectivity index (χ3v) is 3.97. The molecule has 138 valence electrons. The smallest absolute Gasteiger partial charge is 0.307 e. The number of hydrogen-bond donors (Lipinski definition) is 1. The van der Waals surface area contributed by atoms with E-state index < -0.39 is 5.91 Å². The first-order valence-corrected chi connectivity index (χ1v) is 8.62. The standard InChI is InChI=1S/C20H18N2O5/c1-2-24-15-4-6-16-14(10-15)11-19(27-16)20(23)22-21-12-13-3-5-17-18(9-13)26-8-7-25-17/h3-6,9-12H,2,7-8H2,1H3,(H,22,23)/b21-12+. The molecule has 7 nitrogen and oxygen atoms in total. The molecule has 0 aliphatic carbocycles. The second-order valence-corrected chi connectivity index (χ2v) is 5.85. The first-order chi connectivity index (χ1) is 13.2. The summed E-state index contributed by atoms with van der Waals surface area (Å²) in [5.74, 6) is 1.85. The van der Waals surface area contributed by atoms with Crippen molar-refractivity contribution in [1.29, 1.82) is 0 Å². The van der Waals surface area contributed by atoms with E-state index in [0.717, 1.165) is 16.7 Å². The molecule has 1 aromatic heterocycles. The molecule has 0 bridgehead atoms. The van der Waals surface area contributed by atoms with Crippen molar-refractivity contribution in [2.45, 2.75) is 6.92 Å². The molecule has 4 rings (SSSR count). The van der Waals surface area contributed by atoms with Gasteiger partial charge in [0.1, 0.15) is 24.5 Å². The van der Waals surface area contributed by atoms with Crippen molar-refractivity contribution in [2.75, 3.05) is 19.8 Å². The predicted octanol–water partition coefficient (Wildman–Crippen LogP) is 3.37. The number of furan rings is 1. The molecular weight excluding hydrogens is 348 g/mol. The van der Waals surface area contributed by atoms with Crippen molar-refractivity contribution in [3.8, 4) is 17.2 Å². The van der Waals surface area contributed by atoms with Crippen LogP contribution in [0.5, 0.6) is 17.2 Å². The summed E-state index contributed by atoms with van der Waals surface area (Å²) in [5, 5.41) is 4.77. The molecule has 0 spiro atoms. The predicted molar refractivity (Wildman–Crippen MR) is 99.9 cm³/mol. The van der Waals surface area contributed by atoms with Gasteiger partial charge >= 0.3 is 5.91 Å². The zero-order chi connectivity index (χ0) is 18.6. The highest BCUT2D eigenvalue weighted by molar-refractivity contribution is 5.96. The van der Waals surface area contributed by atoms with Gasteiger partial charge in [-0.05, 0) is 55.0 Å². The fourth-order valence-corrected chi connectivity index (χ4v) is 2.75. The lowest BCUT2D eigenvalue weighted by Gasteiger charge is -2.18. The van der Waals surface area contributed by atoms with Gasteiger partial charge in [-0.2, -0.15) is 5.10 Å². The summed E-state index contributed by atoms with van der Waals surface area (Å²) in [5.41, 5.74) is 3.86. The van der Waals surface area contributed by atoms with Crippen LogP contribution in [0.2, 0.25) is 0 Å². The quantitative estimate of drug-likeness (QED) is 0.553. The number of carbonyl (C=O) groups excluding carboxylic acids is 1.